The summed E-state index contributed by atoms with van der Waals surface area (Å²) >= 11 is 0. The smallest absolute Gasteiger partial charge is 0.243 e. The number of hydrogen-bond donors (Lipinski definition) is 0. The van der Waals surface area contributed by atoms with E-state index in [1.165, 1.54) is 37.7 Å². The van der Waals surface area contributed by atoms with Crippen LogP contribution in [0.1, 0.15) is 68.3 Å². The summed E-state index contributed by atoms with van der Waals surface area (Å²) in [4.78, 5) is 7.17. The summed E-state index contributed by atoms with van der Waals surface area (Å²) in [5.41, 5.74) is 1.21. The minimum atomic E-state index is 0.178. The van der Waals surface area contributed by atoms with E-state index in [2.05, 4.69) is 44.9 Å². The Balaban J connectivity index is 1.49. The molecule has 0 amide bonds. The number of rotatable bonds is 5. The van der Waals surface area contributed by atoms with E-state index in [1.54, 1.807) is 0 Å². The third-order valence-corrected chi connectivity index (χ3v) is 5.09. The van der Waals surface area contributed by atoms with Gasteiger partial charge in [-0.05, 0) is 51.6 Å². The molecule has 2 aromatic rings. The number of nitrogens with zero attached hydrogens (tertiary/aromatic N) is 5. The van der Waals surface area contributed by atoms with E-state index < -0.39 is 0 Å². The monoisotopic (exact) mass is 315 g/mol. The predicted molar refractivity (Wildman–Crippen MR) is 86.0 cm³/mol. The van der Waals surface area contributed by atoms with Crippen LogP contribution in [0.3, 0.4) is 0 Å². The molecule has 0 N–H and O–H groups in total. The molecule has 1 saturated heterocycles. The quantitative estimate of drug-likeness (QED) is 0.848. The third-order valence-electron chi connectivity index (χ3n) is 5.09. The molecule has 1 aliphatic carbocycles. The SMILES string of the molecule is Cc1cnn(C[C@H]2CCCCN2[C@H](C)c2nc(C3CC3)no2)c1. The molecule has 0 unspecified atom stereocenters. The van der Waals surface area contributed by atoms with E-state index >= 15 is 0 Å². The fourth-order valence-corrected chi connectivity index (χ4v) is 3.58. The van der Waals surface area contributed by atoms with Crippen molar-refractivity contribution < 1.29 is 4.52 Å². The molecule has 6 nitrogen and oxygen atoms in total. The van der Waals surface area contributed by atoms with Crippen molar-refractivity contribution in [1.82, 2.24) is 24.8 Å². The van der Waals surface area contributed by atoms with Crippen LogP contribution in [0.15, 0.2) is 16.9 Å². The second-order valence-corrected chi connectivity index (χ2v) is 7.07. The van der Waals surface area contributed by atoms with E-state index in [1.807, 2.05) is 6.20 Å². The number of hydrogen-bond acceptors (Lipinski definition) is 5. The molecule has 0 spiro atoms. The van der Waals surface area contributed by atoms with Gasteiger partial charge in [-0.15, -0.1) is 0 Å². The number of likely N-dealkylation sites (tertiary alicyclic amines) is 1. The lowest BCUT2D eigenvalue weighted by atomic mass is 10.00. The van der Waals surface area contributed by atoms with Gasteiger partial charge in [0.25, 0.3) is 0 Å². The highest BCUT2D eigenvalue weighted by atomic mass is 16.5. The Morgan fingerprint density at radius 2 is 2.17 bits per heavy atom. The van der Waals surface area contributed by atoms with Crippen LogP contribution in [0.5, 0.6) is 0 Å². The second-order valence-electron chi connectivity index (χ2n) is 7.07. The first kappa shape index (κ1) is 14.9. The minimum absolute atomic E-state index is 0.178. The highest BCUT2D eigenvalue weighted by Gasteiger charge is 2.33. The average molecular weight is 315 g/mol. The molecule has 0 aromatic carbocycles. The lowest BCUT2D eigenvalue weighted by Gasteiger charge is -2.38. The first-order valence-electron chi connectivity index (χ1n) is 8.79. The lowest BCUT2D eigenvalue weighted by molar-refractivity contribution is 0.0719. The van der Waals surface area contributed by atoms with Crippen molar-refractivity contribution in [3.8, 4) is 0 Å². The van der Waals surface area contributed by atoms with Crippen LogP contribution >= 0.6 is 0 Å². The van der Waals surface area contributed by atoms with Crippen LogP contribution in [-0.4, -0.2) is 37.4 Å². The van der Waals surface area contributed by atoms with Crippen LogP contribution in [-0.2, 0) is 6.54 Å². The molecule has 0 bridgehead atoms. The standard InChI is InChI=1S/C17H25N5O/c1-12-9-18-21(10-12)11-15-5-3-4-8-22(15)13(2)17-19-16(20-23-17)14-6-7-14/h9-10,13-15H,3-8,11H2,1-2H3/t13-,15-/m1/s1. The van der Waals surface area contributed by atoms with Gasteiger partial charge >= 0.3 is 0 Å². The van der Waals surface area contributed by atoms with Gasteiger partial charge in [-0.2, -0.15) is 10.1 Å². The molecule has 1 aliphatic heterocycles. The van der Waals surface area contributed by atoms with Crippen molar-refractivity contribution in [3.63, 3.8) is 0 Å². The Hall–Kier alpha value is -1.69. The summed E-state index contributed by atoms with van der Waals surface area (Å²) in [6, 6.07) is 0.659. The zero-order valence-corrected chi connectivity index (χ0v) is 14.0. The average Bonchev–Trinajstić information content (AvgIpc) is 3.15. The molecule has 23 heavy (non-hydrogen) atoms. The second kappa shape index (κ2) is 6.07. The molecule has 2 aromatic heterocycles. The fourth-order valence-electron chi connectivity index (χ4n) is 3.58. The first-order valence-corrected chi connectivity index (χ1v) is 8.79. The maximum atomic E-state index is 5.56. The first-order chi connectivity index (χ1) is 11.2. The molecule has 3 heterocycles. The van der Waals surface area contributed by atoms with Crippen molar-refractivity contribution in [3.05, 3.63) is 29.7 Å². The molecular formula is C17H25N5O. The van der Waals surface area contributed by atoms with Gasteiger partial charge in [-0.1, -0.05) is 11.6 Å². The molecule has 2 fully saturated rings. The highest BCUT2D eigenvalue weighted by Crippen LogP contribution is 2.39. The maximum absolute atomic E-state index is 5.56. The van der Waals surface area contributed by atoms with Gasteiger partial charge in [-0.3, -0.25) is 9.58 Å². The normalized spacial score (nSPS) is 24.0. The van der Waals surface area contributed by atoms with E-state index in [9.17, 15) is 0 Å². The van der Waals surface area contributed by atoms with Gasteiger partial charge in [0.1, 0.15) is 0 Å². The molecular weight excluding hydrogens is 290 g/mol. The van der Waals surface area contributed by atoms with Gasteiger partial charge in [0.2, 0.25) is 5.89 Å². The number of piperidine rings is 1. The summed E-state index contributed by atoms with van der Waals surface area (Å²) in [7, 11) is 0. The fraction of sp³-hybridized carbons (Fsp3) is 0.706. The number of aryl methyl sites for hydroxylation is 1. The largest absolute Gasteiger partial charge is 0.338 e. The van der Waals surface area contributed by atoms with Gasteiger partial charge in [0.05, 0.1) is 18.8 Å². The Morgan fingerprint density at radius 3 is 2.91 bits per heavy atom. The van der Waals surface area contributed by atoms with Gasteiger partial charge < -0.3 is 4.52 Å². The summed E-state index contributed by atoms with van der Waals surface area (Å²) in [5.74, 6) is 2.22. The van der Waals surface area contributed by atoms with Crippen molar-refractivity contribution in [2.75, 3.05) is 6.54 Å². The Labute approximate surface area is 136 Å². The maximum Gasteiger partial charge on any atom is 0.243 e. The van der Waals surface area contributed by atoms with Crippen LogP contribution in [0.2, 0.25) is 0 Å². The summed E-state index contributed by atoms with van der Waals surface area (Å²) < 4.78 is 7.62. The van der Waals surface area contributed by atoms with E-state index in [0.29, 0.717) is 12.0 Å². The zero-order chi connectivity index (χ0) is 15.8. The summed E-state index contributed by atoms with van der Waals surface area (Å²) in [5, 5.41) is 8.63. The van der Waals surface area contributed by atoms with Crippen LogP contribution in [0.4, 0.5) is 0 Å². The molecule has 124 valence electrons. The van der Waals surface area contributed by atoms with Crippen molar-refractivity contribution in [2.45, 2.75) is 70.5 Å². The van der Waals surface area contributed by atoms with E-state index in [4.69, 9.17) is 4.52 Å². The van der Waals surface area contributed by atoms with Crippen molar-refractivity contribution in [2.24, 2.45) is 0 Å². The van der Waals surface area contributed by atoms with E-state index in [-0.39, 0.29) is 6.04 Å². The molecule has 2 atom stereocenters. The predicted octanol–water partition coefficient (Wildman–Crippen LogP) is 3.07. The molecule has 4 rings (SSSR count). The van der Waals surface area contributed by atoms with Crippen LogP contribution in [0, 0.1) is 6.92 Å². The molecule has 2 aliphatic rings. The molecule has 6 heteroatoms. The minimum Gasteiger partial charge on any atom is -0.338 e. The van der Waals surface area contributed by atoms with Gasteiger partial charge in [0.15, 0.2) is 5.82 Å². The lowest BCUT2D eigenvalue weighted by Crippen LogP contribution is -2.43. The van der Waals surface area contributed by atoms with Gasteiger partial charge in [0, 0.05) is 18.2 Å². The number of aromatic nitrogens is 4. The van der Waals surface area contributed by atoms with Crippen LogP contribution in [0.25, 0.3) is 0 Å². The highest BCUT2D eigenvalue weighted by molar-refractivity contribution is 5.05. The Morgan fingerprint density at radius 1 is 1.30 bits per heavy atom. The summed E-state index contributed by atoms with van der Waals surface area (Å²) in [6.45, 7) is 6.30. The summed E-state index contributed by atoms with van der Waals surface area (Å²) in [6.07, 6.45) is 10.2. The Kier molecular flexibility index (Phi) is 3.93. The van der Waals surface area contributed by atoms with E-state index in [0.717, 1.165) is 24.8 Å². The van der Waals surface area contributed by atoms with Crippen molar-refractivity contribution in [1.29, 1.82) is 0 Å². The topological polar surface area (TPSA) is 60.0 Å². The molecule has 0 radical (unpaired) electrons. The third kappa shape index (κ3) is 3.17. The Bertz CT molecular complexity index is 659. The van der Waals surface area contributed by atoms with Gasteiger partial charge in [-0.25, -0.2) is 0 Å². The van der Waals surface area contributed by atoms with Crippen LogP contribution < -0.4 is 0 Å². The van der Waals surface area contributed by atoms with Crippen molar-refractivity contribution >= 4 is 0 Å². The molecule has 1 saturated carbocycles. The zero-order valence-electron chi connectivity index (χ0n) is 14.0.